The first-order chi connectivity index (χ1) is 11.1. The van der Waals surface area contributed by atoms with Gasteiger partial charge in [-0.1, -0.05) is 35.0 Å². The van der Waals surface area contributed by atoms with Gasteiger partial charge in [0, 0.05) is 5.56 Å². The number of halogens is 1. The van der Waals surface area contributed by atoms with Crippen molar-refractivity contribution in [1.29, 1.82) is 0 Å². The number of benzene rings is 1. The largest absolute Gasteiger partial charge is 0.431 e. The highest BCUT2D eigenvalue weighted by molar-refractivity contribution is 6.44. The minimum absolute atomic E-state index is 0.133. The van der Waals surface area contributed by atoms with Crippen LogP contribution in [0.1, 0.15) is 16.1 Å². The standard InChI is InChI=1S/C14H11ClN4O4/c15-10-11(19-6-9(7-20)17-18-19)13(23-14(10)22)16-12(21)8-4-2-1-3-5-8/h1-6,13,20H,7H2,(H,16,21)/t13-/m0/s1. The maximum atomic E-state index is 12.2. The Labute approximate surface area is 135 Å². The average molecular weight is 335 g/mol. The molecule has 1 aromatic carbocycles. The fourth-order valence-electron chi connectivity index (χ4n) is 2.03. The van der Waals surface area contributed by atoms with E-state index in [1.807, 2.05) is 0 Å². The van der Waals surface area contributed by atoms with Crippen LogP contribution in [0.15, 0.2) is 41.6 Å². The molecule has 0 unspecified atom stereocenters. The van der Waals surface area contributed by atoms with Crippen LogP contribution < -0.4 is 5.32 Å². The number of ether oxygens (including phenoxy) is 1. The van der Waals surface area contributed by atoms with Gasteiger partial charge < -0.3 is 15.2 Å². The molecule has 0 fully saturated rings. The zero-order valence-electron chi connectivity index (χ0n) is 11.6. The zero-order chi connectivity index (χ0) is 16.4. The number of nitrogens with zero attached hydrogens (tertiary/aromatic N) is 3. The number of aromatic nitrogens is 3. The number of rotatable bonds is 4. The van der Waals surface area contributed by atoms with E-state index in [1.165, 1.54) is 10.9 Å². The smallest absolute Gasteiger partial charge is 0.354 e. The Morgan fingerprint density at radius 2 is 2.13 bits per heavy atom. The number of amides is 1. The lowest BCUT2D eigenvalue weighted by atomic mass is 10.2. The van der Waals surface area contributed by atoms with Crippen LogP contribution in [0.5, 0.6) is 0 Å². The van der Waals surface area contributed by atoms with Crippen molar-refractivity contribution in [2.45, 2.75) is 12.8 Å². The second-order valence-electron chi connectivity index (χ2n) is 4.64. The average Bonchev–Trinajstić information content (AvgIpc) is 3.13. The van der Waals surface area contributed by atoms with E-state index in [0.717, 1.165) is 0 Å². The van der Waals surface area contributed by atoms with Crippen LogP contribution >= 0.6 is 11.6 Å². The maximum absolute atomic E-state index is 12.2. The maximum Gasteiger partial charge on any atom is 0.354 e. The first-order valence-electron chi connectivity index (χ1n) is 6.59. The Bertz CT molecular complexity index is 787. The number of carbonyl (C=O) groups is 2. The van der Waals surface area contributed by atoms with Gasteiger partial charge in [-0.05, 0) is 12.1 Å². The number of hydrogen-bond donors (Lipinski definition) is 2. The fraction of sp³-hybridized carbons (Fsp3) is 0.143. The molecule has 1 amide bonds. The van der Waals surface area contributed by atoms with Gasteiger partial charge in [-0.2, -0.15) is 0 Å². The normalized spacial score (nSPS) is 17.3. The van der Waals surface area contributed by atoms with Gasteiger partial charge in [0.15, 0.2) is 5.03 Å². The molecular formula is C14H11ClN4O4. The molecule has 2 N–H and O–H groups in total. The first kappa shape index (κ1) is 15.2. The van der Waals surface area contributed by atoms with E-state index in [2.05, 4.69) is 15.6 Å². The van der Waals surface area contributed by atoms with Crippen LogP contribution in [-0.4, -0.2) is 38.2 Å². The summed E-state index contributed by atoms with van der Waals surface area (Å²) in [7, 11) is 0. The van der Waals surface area contributed by atoms with Gasteiger partial charge in [-0.15, -0.1) is 5.10 Å². The topological polar surface area (TPSA) is 106 Å². The quantitative estimate of drug-likeness (QED) is 0.788. The van der Waals surface area contributed by atoms with Gasteiger partial charge in [0.2, 0.25) is 6.23 Å². The van der Waals surface area contributed by atoms with Crippen molar-refractivity contribution in [3.63, 3.8) is 0 Å². The third kappa shape index (κ3) is 2.94. The van der Waals surface area contributed by atoms with Gasteiger partial charge in [0.05, 0.1) is 12.8 Å². The number of aliphatic hydroxyl groups excluding tert-OH is 1. The van der Waals surface area contributed by atoms with E-state index in [9.17, 15) is 9.59 Å². The molecular weight excluding hydrogens is 324 g/mol. The first-order valence-corrected chi connectivity index (χ1v) is 6.97. The third-order valence-electron chi connectivity index (χ3n) is 3.13. The highest BCUT2D eigenvalue weighted by Gasteiger charge is 2.36. The van der Waals surface area contributed by atoms with E-state index in [1.54, 1.807) is 30.3 Å². The third-order valence-corrected chi connectivity index (χ3v) is 3.47. The molecule has 9 heteroatoms. The monoisotopic (exact) mass is 334 g/mol. The SMILES string of the molecule is O=C1O[C@H](NC(=O)c2ccccc2)C(n2cc(CO)nn2)=C1Cl. The molecule has 0 radical (unpaired) electrons. The molecule has 23 heavy (non-hydrogen) atoms. The Morgan fingerprint density at radius 1 is 1.39 bits per heavy atom. The summed E-state index contributed by atoms with van der Waals surface area (Å²) < 4.78 is 6.24. The Kier molecular flexibility index (Phi) is 4.09. The molecule has 0 saturated heterocycles. The molecule has 1 aliphatic heterocycles. The molecule has 0 spiro atoms. The van der Waals surface area contributed by atoms with E-state index in [-0.39, 0.29) is 23.0 Å². The van der Waals surface area contributed by atoms with Gasteiger partial charge >= 0.3 is 5.97 Å². The molecule has 1 aromatic heterocycles. The number of esters is 1. The molecule has 1 atom stereocenters. The molecule has 3 rings (SSSR count). The Balaban J connectivity index is 1.87. The molecule has 1 aliphatic rings. The summed E-state index contributed by atoms with van der Waals surface area (Å²) in [6.45, 7) is -0.319. The molecule has 0 aliphatic carbocycles. The Morgan fingerprint density at radius 3 is 2.78 bits per heavy atom. The summed E-state index contributed by atoms with van der Waals surface area (Å²) in [4.78, 5) is 23.9. The van der Waals surface area contributed by atoms with Crippen molar-refractivity contribution >= 4 is 29.2 Å². The number of nitrogens with one attached hydrogen (secondary N) is 1. The van der Waals surface area contributed by atoms with Crippen molar-refractivity contribution in [2.24, 2.45) is 0 Å². The summed E-state index contributed by atoms with van der Waals surface area (Å²) in [5, 5.41) is 18.9. The predicted molar refractivity (Wildman–Crippen MR) is 78.8 cm³/mol. The van der Waals surface area contributed by atoms with Crippen molar-refractivity contribution in [1.82, 2.24) is 20.3 Å². The minimum atomic E-state index is -1.10. The van der Waals surface area contributed by atoms with Crippen molar-refractivity contribution in [3.8, 4) is 0 Å². The summed E-state index contributed by atoms with van der Waals surface area (Å²) >= 11 is 5.94. The fourth-order valence-corrected chi connectivity index (χ4v) is 2.26. The summed E-state index contributed by atoms with van der Waals surface area (Å²) in [6.07, 6.45) is 0.289. The van der Waals surface area contributed by atoms with E-state index < -0.39 is 18.1 Å². The van der Waals surface area contributed by atoms with Crippen LogP contribution in [-0.2, 0) is 16.1 Å². The second kappa shape index (κ2) is 6.19. The lowest BCUT2D eigenvalue weighted by Gasteiger charge is -2.15. The molecule has 118 valence electrons. The number of aliphatic hydroxyl groups is 1. The number of cyclic esters (lactones) is 1. The zero-order valence-corrected chi connectivity index (χ0v) is 12.4. The number of carbonyl (C=O) groups excluding carboxylic acids is 2. The van der Waals surface area contributed by atoms with Crippen LogP contribution in [0.3, 0.4) is 0 Å². The summed E-state index contributed by atoms with van der Waals surface area (Å²) in [6, 6.07) is 8.45. The molecule has 0 bridgehead atoms. The van der Waals surface area contributed by atoms with E-state index in [0.29, 0.717) is 5.56 Å². The second-order valence-corrected chi connectivity index (χ2v) is 5.01. The van der Waals surface area contributed by atoms with Crippen LogP contribution in [0, 0.1) is 0 Å². The molecule has 2 aromatic rings. The minimum Gasteiger partial charge on any atom is -0.431 e. The Hall–Kier alpha value is -2.71. The van der Waals surface area contributed by atoms with E-state index >= 15 is 0 Å². The van der Waals surface area contributed by atoms with Crippen molar-refractivity contribution in [2.75, 3.05) is 0 Å². The predicted octanol–water partition coefficient (Wildman–Crippen LogP) is 0.491. The number of hydrogen-bond acceptors (Lipinski definition) is 6. The molecule has 0 saturated carbocycles. The highest BCUT2D eigenvalue weighted by Crippen LogP contribution is 2.28. The molecule has 8 nitrogen and oxygen atoms in total. The van der Waals surface area contributed by atoms with Crippen molar-refractivity contribution < 1.29 is 19.4 Å². The van der Waals surface area contributed by atoms with Crippen molar-refractivity contribution in [3.05, 3.63) is 52.8 Å². The summed E-state index contributed by atoms with van der Waals surface area (Å²) in [5.74, 6) is -1.21. The van der Waals surface area contributed by atoms with Crippen LogP contribution in [0.4, 0.5) is 0 Å². The van der Waals surface area contributed by atoms with Gasteiger partial charge in [0.25, 0.3) is 5.91 Å². The van der Waals surface area contributed by atoms with Crippen LogP contribution in [0.2, 0.25) is 0 Å². The van der Waals surface area contributed by atoms with Gasteiger partial charge in [-0.3, -0.25) is 4.79 Å². The van der Waals surface area contributed by atoms with Crippen LogP contribution in [0.25, 0.3) is 5.70 Å². The van der Waals surface area contributed by atoms with Gasteiger partial charge in [-0.25, -0.2) is 9.48 Å². The highest BCUT2D eigenvalue weighted by atomic mass is 35.5. The van der Waals surface area contributed by atoms with E-state index in [4.69, 9.17) is 21.4 Å². The lowest BCUT2D eigenvalue weighted by Crippen LogP contribution is -2.37. The van der Waals surface area contributed by atoms with Gasteiger partial charge in [0.1, 0.15) is 11.4 Å². The summed E-state index contributed by atoms with van der Waals surface area (Å²) in [5.41, 5.74) is 0.822. The lowest BCUT2D eigenvalue weighted by molar-refractivity contribution is -0.139. The molecule has 2 heterocycles.